The standard InChI is InChI=1S/C14H9BrF3NO/c15-12-7-9(3-6-11(12)13(19)20)8-1-4-10(5-2-8)14(16,17)18/h1-7H,(H2,19,20). The number of alkyl halides is 3. The minimum absolute atomic E-state index is 0.320. The monoisotopic (exact) mass is 343 g/mol. The highest BCUT2D eigenvalue weighted by molar-refractivity contribution is 9.10. The third-order valence-electron chi connectivity index (χ3n) is 2.78. The van der Waals surface area contributed by atoms with Crippen LogP contribution in [-0.2, 0) is 6.18 Å². The van der Waals surface area contributed by atoms with Gasteiger partial charge in [-0.15, -0.1) is 0 Å². The molecule has 0 saturated heterocycles. The summed E-state index contributed by atoms with van der Waals surface area (Å²) in [5.74, 6) is -0.573. The quantitative estimate of drug-likeness (QED) is 0.870. The maximum atomic E-state index is 12.5. The fourth-order valence-corrected chi connectivity index (χ4v) is 2.32. The molecule has 1 amide bonds. The predicted molar refractivity (Wildman–Crippen MR) is 73.1 cm³/mol. The van der Waals surface area contributed by atoms with Crippen LogP contribution in [0.25, 0.3) is 11.1 Å². The minimum atomic E-state index is -4.35. The molecule has 0 aromatic heterocycles. The number of rotatable bonds is 2. The zero-order chi connectivity index (χ0) is 14.9. The van der Waals surface area contributed by atoms with Gasteiger partial charge in [-0.3, -0.25) is 4.79 Å². The van der Waals surface area contributed by atoms with E-state index in [9.17, 15) is 18.0 Å². The van der Waals surface area contributed by atoms with Crippen LogP contribution >= 0.6 is 15.9 Å². The molecule has 0 bridgehead atoms. The van der Waals surface area contributed by atoms with Gasteiger partial charge < -0.3 is 5.73 Å². The summed E-state index contributed by atoms with van der Waals surface area (Å²) in [5.41, 5.74) is 6.11. The van der Waals surface area contributed by atoms with Crippen LogP contribution < -0.4 is 5.73 Å². The molecule has 0 aliphatic rings. The van der Waals surface area contributed by atoms with Crippen molar-refractivity contribution in [3.05, 3.63) is 58.1 Å². The van der Waals surface area contributed by atoms with Gasteiger partial charge in [-0.2, -0.15) is 13.2 Å². The van der Waals surface area contributed by atoms with E-state index in [0.717, 1.165) is 12.1 Å². The molecule has 104 valence electrons. The molecule has 6 heteroatoms. The van der Waals surface area contributed by atoms with Crippen molar-refractivity contribution in [3.63, 3.8) is 0 Å². The summed E-state index contributed by atoms with van der Waals surface area (Å²) in [6.45, 7) is 0. The molecule has 2 N–H and O–H groups in total. The highest BCUT2D eigenvalue weighted by Crippen LogP contribution is 2.32. The smallest absolute Gasteiger partial charge is 0.366 e. The topological polar surface area (TPSA) is 43.1 Å². The van der Waals surface area contributed by atoms with Crippen LogP contribution in [0.1, 0.15) is 15.9 Å². The van der Waals surface area contributed by atoms with E-state index in [-0.39, 0.29) is 0 Å². The third-order valence-corrected chi connectivity index (χ3v) is 3.44. The number of carbonyl (C=O) groups excluding carboxylic acids is 1. The lowest BCUT2D eigenvalue weighted by molar-refractivity contribution is -0.137. The molecule has 0 atom stereocenters. The number of benzene rings is 2. The van der Waals surface area contributed by atoms with Gasteiger partial charge in [-0.25, -0.2) is 0 Å². The van der Waals surface area contributed by atoms with Crippen molar-refractivity contribution in [2.24, 2.45) is 5.73 Å². The molecule has 2 aromatic carbocycles. The Morgan fingerprint density at radius 1 is 1.00 bits per heavy atom. The molecule has 2 nitrogen and oxygen atoms in total. The number of carbonyl (C=O) groups is 1. The summed E-state index contributed by atoms with van der Waals surface area (Å²) >= 11 is 3.21. The Morgan fingerprint density at radius 2 is 1.55 bits per heavy atom. The number of amides is 1. The Bertz CT molecular complexity index is 650. The summed E-state index contributed by atoms with van der Waals surface area (Å²) in [7, 11) is 0. The van der Waals surface area contributed by atoms with Gasteiger partial charge in [0.1, 0.15) is 0 Å². The van der Waals surface area contributed by atoms with Gasteiger partial charge in [-0.05, 0) is 51.3 Å². The van der Waals surface area contributed by atoms with Crippen molar-refractivity contribution in [3.8, 4) is 11.1 Å². The molecular weight excluding hydrogens is 335 g/mol. The van der Waals surface area contributed by atoms with E-state index in [1.807, 2.05) is 0 Å². The SMILES string of the molecule is NC(=O)c1ccc(-c2ccc(C(F)(F)F)cc2)cc1Br. The summed E-state index contributed by atoms with van der Waals surface area (Å²) in [6.07, 6.45) is -4.35. The van der Waals surface area contributed by atoms with Gasteiger partial charge in [0.05, 0.1) is 11.1 Å². The first kappa shape index (κ1) is 14.6. The molecule has 0 unspecified atom stereocenters. The molecule has 20 heavy (non-hydrogen) atoms. The second-order valence-electron chi connectivity index (χ2n) is 4.13. The van der Waals surface area contributed by atoms with E-state index in [4.69, 9.17) is 5.73 Å². The van der Waals surface area contributed by atoms with Gasteiger partial charge >= 0.3 is 6.18 Å². The van der Waals surface area contributed by atoms with Crippen LogP contribution in [0.2, 0.25) is 0 Å². The summed E-state index contributed by atoms with van der Waals surface area (Å²) in [4.78, 5) is 11.1. The van der Waals surface area contributed by atoms with Crippen molar-refractivity contribution in [2.75, 3.05) is 0 Å². The van der Waals surface area contributed by atoms with Crippen LogP contribution in [0.3, 0.4) is 0 Å². The lowest BCUT2D eigenvalue weighted by atomic mass is 10.0. The molecule has 0 fully saturated rings. The number of hydrogen-bond donors (Lipinski definition) is 1. The molecular formula is C14H9BrF3NO. The van der Waals surface area contributed by atoms with Crippen molar-refractivity contribution in [1.82, 2.24) is 0 Å². The number of primary amides is 1. The number of hydrogen-bond acceptors (Lipinski definition) is 1. The average Bonchev–Trinajstić information content (AvgIpc) is 2.37. The molecule has 0 spiro atoms. The molecule has 2 rings (SSSR count). The largest absolute Gasteiger partial charge is 0.416 e. The Hall–Kier alpha value is -1.82. The fourth-order valence-electron chi connectivity index (χ4n) is 1.75. The first-order chi connectivity index (χ1) is 9.29. The van der Waals surface area contributed by atoms with E-state index >= 15 is 0 Å². The van der Waals surface area contributed by atoms with Crippen LogP contribution in [0.4, 0.5) is 13.2 Å². The van der Waals surface area contributed by atoms with Gasteiger partial charge in [0, 0.05) is 4.47 Å². The Morgan fingerprint density at radius 3 is 2.00 bits per heavy atom. The van der Waals surface area contributed by atoms with Crippen LogP contribution in [-0.4, -0.2) is 5.91 Å². The maximum Gasteiger partial charge on any atom is 0.416 e. The molecule has 0 saturated carbocycles. The van der Waals surface area contributed by atoms with Crippen molar-refractivity contribution in [1.29, 1.82) is 0 Å². The van der Waals surface area contributed by atoms with E-state index in [0.29, 0.717) is 21.2 Å². The first-order valence-corrected chi connectivity index (χ1v) is 6.35. The first-order valence-electron chi connectivity index (χ1n) is 5.56. The van der Waals surface area contributed by atoms with E-state index in [1.165, 1.54) is 18.2 Å². The lowest BCUT2D eigenvalue weighted by Gasteiger charge is -2.09. The highest BCUT2D eigenvalue weighted by Gasteiger charge is 2.29. The predicted octanol–water partition coefficient (Wildman–Crippen LogP) is 4.23. The molecule has 0 radical (unpaired) electrons. The molecule has 0 heterocycles. The van der Waals surface area contributed by atoms with Gasteiger partial charge in [0.2, 0.25) is 5.91 Å². The Balaban J connectivity index is 2.37. The summed E-state index contributed by atoms with van der Waals surface area (Å²) < 4.78 is 37.9. The second-order valence-corrected chi connectivity index (χ2v) is 4.99. The normalized spacial score (nSPS) is 11.4. The highest BCUT2D eigenvalue weighted by atomic mass is 79.9. The van der Waals surface area contributed by atoms with Gasteiger partial charge in [-0.1, -0.05) is 18.2 Å². The van der Waals surface area contributed by atoms with E-state index < -0.39 is 17.6 Å². The zero-order valence-electron chi connectivity index (χ0n) is 10.0. The maximum absolute atomic E-state index is 12.5. The number of halogens is 4. The fraction of sp³-hybridized carbons (Fsp3) is 0.0714. The minimum Gasteiger partial charge on any atom is -0.366 e. The molecule has 0 aliphatic carbocycles. The van der Waals surface area contributed by atoms with E-state index in [1.54, 1.807) is 12.1 Å². The summed E-state index contributed by atoms with van der Waals surface area (Å²) in [5, 5.41) is 0. The lowest BCUT2D eigenvalue weighted by Crippen LogP contribution is -2.11. The van der Waals surface area contributed by atoms with Gasteiger partial charge in [0.15, 0.2) is 0 Å². The molecule has 0 aliphatic heterocycles. The van der Waals surface area contributed by atoms with Crippen LogP contribution in [0, 0.1) is 0 Å². The van der Waals surface area contributed by atoms with Crippen molar-refractivity contribution >= 4 is 21.8 Å². The van der Waals surface area contributed by atoms with Crippen molar-refractivity contribution in [2.45, 2.75) is 6.18 Å². The Labute approximate surface area is 121 Å². The average molecular weight is 344 g/mol. The third kappa shape index (κ3) is 3.01. The zero-order valence-corrected chi connectivity index (χ0v) is 11.6. The second kappa shape index (κ2) is 5.28. The van der Waals surface area contributed by atoms with Crippen molar-refractivity contribution < 1.29 is 18.0 Å². The number of nitrogens with two attached hydrogens (primary N) is 1. The Kier molecular flexibility index (Phi) is 3.85. The van der Waals surface area contributed by atoms with E-state index in [2.05, 4.69) is 15.9 Å². The van der Waals surface area contributed by atoms with Crippen LogP contribution in [0.15, 0.2) is 46.9 Å². The molecule has 2 aromatic rings. The summed E-state index contributed by atoms with van der Waals surface area (Å²) in [6, 6.07) is 9.61. The van der Waals surface area contributed by atoms with Gasteiger partial charge in [0.25, 0.3) is 0 Å². The van der Waals surface area contributed by atoms with Crippen LogP contribution in [0.5, 0.6) is 0 Å².